The maximum absolute atomic E-state index is 5.20. The van der Waals surface area contributed by atoms with Crippen molar-refractivity contribution in [2.75, 3.05) is 0 Å². The van der Waals surface area contributed by atoms with Gasteiger partial charge in [-0.25, -0.2) is 4.99 Å². The summed E-state index contributed by atoms with van der Waals surface area (Å²) in [5.74, 6) is 1.46. The van der Waals surface area contributed by atoms with Crippen LogP contribution in [0.1, 0.15) is 42.3 Å². The molecule has 2 aliphatic rings. The molecule has 9 aromatic rings. The van der Waals surface area contributed by atoms with Crippen LogP contribution < -0.4 is 5.32 Å². The SMILES string of the molecule is CC1(C)c2ccccc2-c2ccc(-c3ccc4cc(-c5ccc6c7ccccc7n(C7=NC(c8ccccc8)=NC(c8ccccc8)N7)c6c5)ccc4c3)cc21. The topological polar surface area (TPSA) is 41.7 Å². The number of rotatable bonds is 4. The quantitative estimate of drug-likeness (QED) is 0.193. The summed E-state index contributed by atoms with van der Waals surface area (Å²) < 4.78 is 2.27. The van der Waals surface area contributed by atoms with Gasteiger partial charge in [0, 0.05) is 21.8 Å². The van der Waals surface area contributed by atoms with Crippen LogP contribution >= 0.6 is 0 Å². The highest BCUT2D eigenvalue weighted by Crippen LogP contribution is 2.49. The first-order valence-corrected chi connectivity index (χ1v) is 19.4. The number of aliphatic imine (C=N–C) groups is 2. The molecule has 1 aliphatic carbocycles. The van der Waals surface area contributed by atoms with E-state index in [9.17, 15) is 0 Å². The van der Waals surface area contributed by atoms with Crippen molar-refractivity contribution in [2.45, 2.75) is 25.4 Å². The fourth-order valence-corrected chi connectivity index (χ4v) is 8.94. The predicted octanol–water partition coefficient (Wildman–Crippen LogP) is 12.5. The van der Waals surface area contributed by atoms with Crippen LogP contribution in [0.15, 0.2) is 192 Å². The second-order valence-electron chi connectivity index (χ2n) is 15.5. The van der Waals surface area contributed by atoms with Crippen molar-refractivity contribution in [2.24, 2.45) is 9.98 Å². The van der Waals surface area contributed by atoms with Crippen LogP contribution in [-0.4, -0.2) is 16.4 Å². The molecule has 1 N–H and O–H groups in total. The van der Waals surface area contributed by atoms with Crippen molar-refractivity contribution in [1.82, 2.24) is 9.88 Å². The largest absolute Gasteiger partial charge is 0.330 e. The van der Waals surface area contributed by atoms with E-state index in [1.165, 1.54) is 60.5 Å². The molecule has 0 fully saturated rings. The minimum atomic E-state index is -0.289. The molecular formula is C52H38N4. The molecule has 4 nitrogen and oxygen atoms in total. The van der Waals surface area contributed by atoms with Crippen molar-refractivity contribution >= 4 is 44.4 Å². The monoisotopic (exact) mass is 718 g/mol. The number of nitrogens with one attached hydrogen (secondary N) is 1. The van der Waals surface area contributed by atoms with Gasteiger partial charge in [-0.1, -0.05) is 166 Å². The fourth-order valence-electron chi connectivity index (χ4n) is 8.94. The molecule has 1 atom stereocenters. The minimum Gasteiger partial charge on any atom is -0.330 e. The number of hydrogen-bond donors (Lipinski definition) is 1. The average molecular weight is 719 g/mol. The van der Waals surface area contributed by atoms with E-state index in [1.54, 1.807) is 0 Å². The molecule has 266 valence electrons. The van der Waals surface area contributed by atoms with Crippen molar-refractivity contribution in [1.29, 1.82) is 0 Å². The highest BCUT2D eigenvalue weighted by molar-refractivity contribution is 6.17. The van der Waals surface area contributed by atoms with Gasteiger partial charge >= 0.3 is 0 Å². The van der Waals surface area contributed by atoms with Gasteiger partial charge in [-0.05, 0) is 91.2 Å². The van der Waals surface area contributed by atoms with Crippen LogP contribution in [0, 0.1) is 0 Å². The van der Waals surface area contributed by atoms with Crippen molar-refractivity contribution in [3.63, 3.8) is 0 Å². The van der Waals surface area contributed by atoms with Crippen LogP contribution in [-0.2, 0) is 5.41 Å². The van der Waals surface area contributed by atoms with E-state index in [1.807, 2.05) is 24.3 Å². The van der Waals surface area contributed by atoms with E-state index >= 15 is 0 Å². The zero-order chi connectivity index (χ0) is 37.4. The van der Waals surface area contributed by atoms with Gasteiger partial charge in [-0.15, -0.1) is 0 Å². The molecule has 0 amide bonds. The van der Waals surface area contributed by atoms with E-state index in [-0.39, 0.29) is 11.6 Å². The number of aromatic nitrogens is 1. The molecule has 1 aliphatic heterocycles. The zero-order valence-electron chi connectivity index (χ0n) is 31.2. The summed E-state index contributed by atoms with van der Waals surface area (Å²) in [5.41, 5.74) is 14.5. The van der Waals surface area contributed by atoms with E-state index in [2.05, 4.69) is 181 Å². The Morgan fingerprint density at radius 1 is 0.482 bits per heavy atom. The first kappa shape index (κ1) is 32.4. The molecule has 11 rings (SSSR count). The van der Waals surface area contributed by atoms with Gasteiger partial charge in [0.15, 0.2) is 5.84 Å². The first-order chi connectivity index (χ1) is 27.5. The van der Waals surface area contributed by atoms with Gasteiger partial charge in [-0.3, -0.25) is 4.57 Å². The van der Waals surface area contributed by atoms with Gasteiger partial charge in [0.25, 0.3) is 0 Å². The molecule has 0 saturated carbocycles. The number of benzene rings is 8. The van der Waals surface area contributed by atoms with Crippen LogP contribution in [0.5, 0.6) is 0 Å². The smallest absolute Gasteiger partial charge is 0.211 e. The van der Waals surface area contributed by atoms with E-state index in [0.717, 1.165) is 33.7 Å². The molecule has 0 spiro atoms. The second-order valence-corrected chi connectivity index (χ2v) is 15.5. The minimum absolute atomic E-state index is 0.0263. The highest BCUT2D eigenvalue weighted by Gasteiger charge is 2.35. The Morgan fingerprint density at radius 2 is 1.07 bits per heavy atom. The Bertz CT molecular complexity index is 3080. The third-order valence-corrected chi connectivity index (χ3v) is 11.9. The highest BCUT2D eigenvalue weighted by atomic mass is 15.3. The summed E-state index contributed by atoms with van der Waals surface area (Å²) in [5, 5.41) is 8.51. The molecule has 0 bridgehead atoms. The maximum atomic E-state index is 5.20. The normalized spacial score (nSPS) is 15.6. The van der Waals surface area contributed by atoms with E-state index in [4.69, 9.17) is 9.98 Å². The molecule has 1 unspecified atom stereocenters. The third kappa shape index (κ3) is 5.14. The number of fused-ring (bicyclic) bond motifs is 7. The van der Waals surface area contributed by atoms with Crippen LogP contribution in [0.2, 0.25) is 0 Å². The van der Waals surface area contributed by atoms with Gasteiger partial charge in [0.2, 0.25) is 5.96 Å². The Morgan fingerprint density at radius 3 is 1.86 bits per heavy atom. The lowest BCUT2D eigenvalue weighted by molar-refractivity contribution is 0.660. The summed E-state index contributed by atoms with van der Waals surface area (Å²) in [6.07, 6.45) is -0.289. The van der Waals surface area contributed by atoms with Crippen molar-refractivity contribution in [3.8, 4) is 33.4 Å². The number of para-hydroxylation sites is 1. The van der Waals surface area contributed by atoms with Crippen LogP contribution in [0.25, 0.3) is 66.0 Å². The van der Waals surface area contributed by atoms with Gasteiger partial charge in [-0.2, -0.15) is 4.99 Å². The summed E-state index contributed by atoms with van der Waals surface area (Å²) in [6, 6.07) is 65.6. The zero-order valence-corrected chi connectivity index (χ0v) is 31.2. The molecule has 0 radical (unpaired) electrons. The summed E-state index contributed by atoms with van der Waals surface area (Å²) >= 11 is 0. The van der Waals surface area contributed by atoms with Gasteiger partial charge in [0.1, 0.15) is 6.17 Å². The Hall–Kier alpha value is -7.04. The molecular weight excluding hydrogens is 681 g/mol. The Labute approximate surface area is 326 Å². The third-order valence-electron chi connectivity index (χ3n) is 11.9. The van der Waals surface area contributed by atoms with E-state index < -0.39 is 0 Å². The lowest BCUT2D eigenvalue weighted by atomic mass is 9.81. The molecule has 4 heteroatoms. The maximum Gasteiger partial charge on any atom is 0.211 e. The summed E-state index contributed by atoms with van der Waals surface area (Å²) in [6.45, 7) is 4.69. The van der Waals surface area contributed by atoms with Crippen molar-refractivity contribution in [3.05, 3.63) is 204 Å². The lowest BCUT2D eigenvalue weighted by Gasteiger charge is -2.24. The first-order valence-electron chi connectivity index (χ1n) is 19.4. The summed E-state index contributed by atoms with van der Waals surface area (Å²) in [7, 11) is 0. The second kappa shape index (κ2) is 12.5. The van der Waals surface area contributed by atoms with Crippen molar-refractivity contribution < 1.29 is 0 Å². The predicted molar refractivity (Wildman–Crippen MR) is 234 cm³/mol. The molecule has 56 heavy (non-hydrogen) atoms. The van der Waals surface area contributed by atoms with E-state index in [0.29, 0.717) is 5.84 Å². The molecule has 2 heterocycles. The fraction of sp³-hybridized carbons (Fsp3) is 0.0769. The molecule has 8 aromatic carbocycles. The standard InChI is InChI=1S/C52H38N4/c1-52(2)45-19-11-9-17-41(45)42-27-25-39(31-46(42)52)37-23-21-36-30-38(24-22-35(36)29-37)40-26-28-44-43-18-10-12-20-47(43)56(48(44)32-40)51-54-49(33-13-5-3-6-14-33)53-50(55-51)34-15-7-4-8-16-34/h3-32,49H,1-2H3,(H,53,54,55). The average Bonchev–Trinajstić information content (AvgIpc) is 3.71. The van der Waals surface area contributed by atoms with Crippen LogP contribution in [0.4, 0.5) is 0 Å². The summed E-state index contributed by atoms with van der Waals surface area (Å²) in [4.78, 5) is 10.3. The number of hydrogen-bond acceptors (Lipinski definition) is 3. The molecule has 0 saturated heterocycles. The van der Waals surface area contributed by atoms with Gasteiger partial charge < -0.3 is 5.32 Å². The Balaban J connectivity index is 0.992. The number of nitrogens with zero attached hydrogens (tertiary/aromatic N) is 3. The molecule has 1 aromatic heterocycles. The lowest BCUT2D eigenvalue weighted by Crippen LogP contribution is -2.37. The number of amidine groups is 1. The van der Waals surface area contributed by atoms with Gasteiger partial charge in [0.05, 0.1) is 11.0 Å². The van der Waals surface area contributed by atoms with Crippen LogP contribution in [0.3, 0.4) is 0 Å². The Kier molecular flexibility index (Phi) is 7.23.